The number of nitrogens with zero attached hydrogens (tertiary/aromatic N) is 1. The Bertz CT molecular complexity index is 1270. The average Bonchev–Trinajstić information content (AvgIpc) is 2.92. The van der Waals surface area contributed by atoms with E-state index in [1.165, 1.54) is 13.2 Å². The van der Waals surface area contributed by atoms with Crippen LogP contribution in [-0.4, -0.2) is 43.8 Å². The molecule has 0 aliphatic heterocycles. The van der Waals surface area contributed by atoms with Crippen LogP contribution in [0, 0.1) is 17.6 Å². The molecule has 2 aromatic carbocycles. The number of fused-ring (bicyclic) bond motifs is 1. The molecule has 1 aromatic heterocycles. The fourth-order valence-corrected chi connectivity index (χ4v) is 5.06. The topological polar surface area (TPSA) is 86.5 Å². The molecule has 3 aromatic rings. The predicted octanol–water partition coefficient (Wildman–Crippen LogP) is 5.04. The predicted molar refractivity (Wildman–Crippen MR) is 140 cm³/mol. The normalized spacial score (nSPS) is 18.7. The van der Waals surface area contributed by atoms with E-state index in [9.17, 15) is 13.6 Å². The van der Waals surface area contributed by atoms with E-state index in [0.29, 0.717) is 41.9 Å². The van der Waals surface area contributed by atoms with Crippen LogP contribution in [0.2, 0.25) is 0 Å². The number of hydrogen-bond acceptors (Lipinski definition) is 6. The highest BCUT2D eigenvalue weighted by molar-refractivity contribution is 6.04. The number of pyridine rings is 1. The van der Waals surface area contributed by atoms with Crippen molar-refractivity contribution in [2.24, 2.45) is 11.7 Å². The molecule has 1 aliphatic rings. The number of esters is 1. The Morgan fingerprint density at radius 1 is 1.14 bits per heavy atom. The van der Waals surface area contributed by atoms with Gasteiger partial charge in [-0.05, 0) is 73.9 Å². The molecule has 3 N–H and O–H groups in total. The molecule has 0 spiro atoms. The van der Waals surface area contributed by atoms with Gasteiger partial charge in [0.05, 0.1) is 25.3 Å². The van der Waals surface area contributed by atoms with Crippen LogP contribution >= 0.6 is 0 Å². The summed E-state index contributed by atoms with van der Waals surface area (Å²) >= 11 is 0. The first-order valence-electron chi connectivity index (χ1n) is 12.5. The Morgan fingerprint density at radius 2 is 1.92 bits per heavy atom. The van der Waals surface area contributed by atoms with Gasteiger partial charge in [0, 0.05) is 35.6 Å². The molecular formula is C29H33F2N3O3. The molecule has 0 bridgehead atoms. The summed E-state index contributed by atoms with van der Waals surface area (Å²) in [6.45, 7) is 0.587. The minimum Gasteiger partial charge on any atom is -0.481 e. The maximum absolute atomic E-state index is 13.7. The van der Waals surface area contributed by atoms with Crippen LogP contribution in [-0.2, 0) is 11.2 Å². The van der Waals surface area contributed by atoms with Gasteiger partial charge < -0.3 is 20.5 Å². The van der Waals surface area contributed by atoms with Crippen molar-refractivity contribution < 1.29 is 23.0 Å². The maximum atomic E-state index is 13.7. The molecule has 8 heteroatoms. The highest BCUT2D eigenvalue weighted by atomic mass is 19.1. The summed E-state index contributed by atoms with van der Waals surface area (Å²) in [5.41, 5.74) is 9.06. The largest absolute Gasteiger partial charge is 0.481 e. The van der Waals surface area contributed by atoms with E-state index in [-0.39, 0.29) is 11.6 Å². The fraction of sp³-hybridized carbons (Fsp3) is 0.379. The molecule has 0 unspecified atom stereocenters. The zero-order valence-corrected chi connectivity index (χ0v) is 21.2. The minimum absolute atomic E-state index is 0.0445. The summed E-state index contributed by atoms with van der Waals surface area (Å²) in [4.78, 5) is 16.8. The Balaban J connectivity index is 1.34. The molecule has 1 atom stereocenters. The first-order valence-corrected chi connectivity index (χ1v) is 12.5. The van der Waals surface area contributed by atoms with Crippen LogP contribution in [0.5, 0.6) is 5.88 Å². The number of carbonyl (C=O) groups is 1. The van der Waals surface area contributed by atoms with Gasteiger partial charge in [0.2, 0.25) is 5.88 Å². The van der Waals surface area contributed by atoms with Crippen LogP contribution in [0.1, 0.15) is 47.2 Å². The number of rotatable bonds is 9. The van der Waals surface area contributed by atoms with Gasteiger partial charge in [0.1, 0.15) is 11.6 Å². The van der Waals surface area contributed by atoms with Gasteiger partial charge in [-0.3, -0.25) is 0 Å². The molecule has 1 heterocycles. The number of nitrogens with one attached hydrogen (secondary N) is 1. The van der Waals surface area contributed by atoms with Crippen molar-refractivity contribution in [3.8, 4) is 5.88 Å². The molecule has 196 valence electrons. The van der Waals surface area contributed by atoms with Crippen LogP contribution in [0.15, 0.2) is 48.5 Å². The summed E-state index contributed by atoms with van der Waals surface area (Å²) in [5, 5.41) is 4.20. The van der Waals surface area contributed by atoms with E-state index in [1.807, 2.05) is 18.2 Å². The van der Waals surface area contributed by atoms with E-state index in [2.05, 4.69) is 10.3 Å². The highest BCUT2D eigenvalue weighted by Crippen LogP contribution is 2.30. The van der Waals surface area contributed by atoms with E-state index < -0.39 is 17.6 Å². The SMILES string of the molecule is COC(=O)c1ccc(C[C@H](N)[C@H]2CC[C@H](NC/C=C/c3cc(F)ccc3F)CC2)c2nc(OC)ccc12. The summed E-state index contributed by atoms with van der Waals surface area (Å²) in [6, 6.07) is 11.0. The van der Waals surface area contributed by atoms with Gasteiger partial charge >= 0.3 is 5.97 Å². The number of carbonyl (C=O) groups excluding carboxylic acids is 1. The minimum atomic E-state index is -0.453. The molecule has 1 fully saturated rings. The van der Waals surface area contributed by atoms with Gasteiger partial charge in [-0.15, -0.1) is 0 Å². The van der Waals surface area contributed by atoms with E-state index in [4.69, 9.17) is 15.2 Å². The number of benzene rings is 2. The van der Waals surface area contributed by atoms with Crippen LogP contribution in [0.25, 0.3) is 17.0 Å². The lowest BCUT2D eigenvalue weighted by molar-refractivity contribution is 0.0603. The number of aromatic nitrogens is 1. The summed E-state index contributed by atoms with van der Waals surface area (Å²) in [5.74, 6) is -0.449. The zero-order valence-electron chi connectivity index (χ0n) is 21.2. The molecule has 6 nitrogen and oxygen atoms in total. The third kappa shape index (κ3) is 6.50. The van der Waals surface area contributed by atoms with Crippen molar-refractivity contribution in [3.63, 3.8) is 0 Å². The number of ether oxygens (including phenoxy) is 2. The average molecular weight is 510 g/mol. The van der Waals surface area contributed by atoms with Crippen molar-refractivity contribution in [3.05, 3.63) is 76.9 Å². The monoisotopic (exact) mass is 509 g/mol. The zero-order chi connectivity index (χ0) is 26.4. The molecule has 0 amide bonds. The van der Waals surface area contributed by atoms with Gasteiger partial charge in [-0.1, -0.05) is 18.2 Å². The number of halogens is 2. The summed E-state index contributed by atoms with van der Waals surface area (Å²) in [6.07, 6.45) is 8.05. The number of nitrogens with two attached hydrogens (primary N) is 1. The van der Waals surface area contributed by atoms with Gasteiger partial charge in [0.15, 0.2) is 0 Å². The van der Waals surface area contributed by atoms with Crippen molar-refractivity contribution in [2.75, 3.05) is 20.8 Å². The Morgan fingerprint density at radius 3 is 2.65 bits per heavy atom. The van der Waals surface area contributed by atoms with Gasteiger partial charge in [-0.2, -0.15) is 0 Å². The molecular weight excluding hydrogens is 476 g/mol. The Hall–Kier alpha value is -3.36. The lowest BCUT2D eigenvalue weighted by Gasteiger charge is -2.32. The molecule has 0 saturated heterocycles. The third-order valence-corrected chi connectivity index (χ3v) is 7.14. The lowest BCUT2D eigenvalue weighted by Crippen LogP contribution is -2.39. The van der Waals surface area contributed by atoms with Crippen molar-refractivity contribution in [2.45, 2.75) is 44.2 Å². The second-order valence-electron chi connectivity index (χ2n) is 9.47. The van der Waals surface area contributed by atoms with Crippen molar-refractivity contribution in [1.29, 1.82) is 0 Å². The Kier molecular flexibility index (Phi) is 8.84. The smallest absolute Gasteiger partial charge is 0.338 e. The van der Waals surface area contributed by atoms with Crippen molar-refractivity contribution in [1.82, 2.24) is 10.3 Å². The summed E-state index contributed by atoms with van der Waals surface area (Å²) < 4.78 is 37.3. The third-order valence-electron chi connectivity index (χ3n) is 7.14. The summed E-state index contributed by atoms with van der Waals surface area (Å²) in [7, 11) is 2.92. The van der Waals surface area contributed by atoms with Gasteiger partial charge in [0.25, 0.3) is 0 Å². The maximum Gasteiger partial charge on any atom is 0.338 e. The number of methoxy groups -OCH3 is 2. The second kappa shape index (κ2) is 12.3. The second-order valence-corrected chi connectivity index (χ2v) is 9.47. The Labute approximate surface area is 215 Å². The first kappa shape index (κ1) is 26.7. The fourth-order valence-electron chi connectivity index (χ4n) is 5.06. The van der Waals surface area contributed by atoms with Crippen LogP contribution < -0.4 is 15.8 Å². The first-order chi connectivity index (χ1) is 17.9. The quantitative estimate of drug-likeness (QED) is 0.393. The van der Waals surface area contributed by atoms with E-state index in [0.717, 1.165) is 48.8 Å². The standard InChI is InChI=1S/C29H33F2N3O3/c1-36-27-14-12-23-24(29(35)37-2)11-7-20(28(23)34-27)17-26(32)18-5-9-22(10-6-18)33-15-3-4-19-16-21(30)8-13-25(19)31/h3-4,7-8,11-14,16,18,22,26,33H,5-6,9-10,15,17,32H2,1-2H3/b4-3+/t18-,22-,26-/m0/s1. The molecule has 4 rings (SSSR count). The van der Waals surface area contributed by atoms with Crippen LogP contribution in [0.4, 0.5) is 8.78 Å². The molecule has 37 heavy (non-hydrogen) atoms. The molecule has 1 aliphatic carbocycles. The van der Waals surface area contributed by atoms with Gasteiger partial charge in [-0.25, -0.2) is 18.6 Å². The van der Waals surface area contributed by atoms with Crippen LogP contribution in [0.3, 0.4) is 0 Å². The van der Waals surface area contributed by atoms with E-state index >= 15 is 0 Å². The van der Waals surface area contributed by atoms with E-state index in [1.54, 1.807) is 25.3 Å². The molecule has 1 saturated carbocycles. The molecule has 0 radical (unpaired) electrons. The lowest BCUT2D eigenvalue weighted by atomic mass is 9.79. The highest BCUT2D eigenvalue weighted by Gasteiger charge is 2.26. The van der Waals surface area contributed by atoms with Crippen molar-refractivity contribution >= 4 is 22.9 Å². The number of hydrogen-bond donors (Lipinski definition) is 2.